The molecule has 160 valence electrons. The molecule has 0 aliphatic rings. The van der Waals surface area contributed by atoms with E-state index in [1.807, 2.05) is 6.92 Å². The Bertz CT molecular complexity index is 871. The third kappa shape index (κ3) is 6.40. The van der Waals surface area contributed by atoms with Crippen molar-refractivity contribution < 1.29 is 28.5 Å². The first-order chi connectivity index (χ1) is 14.5. The van der Waals surface area contributed by atoms with Gasteiger partial charge in [0.2, 0.25) is 17.6 Å². The first-order valence-electron chi connectivity index (χ1n) is 9.15. The number of amides is 2. The summed E-state index contributed by atoms with van der Waals surface area (Å²) in [5, 5.41) is 6.51. The number of hydrogen-bond donors (Lipinski definition) is 2. The van der Waals surface area contributed by atoms with Crippen LogP contribution in [0.25, 0.3) is 0 Å². The molecule has 0 saturated carbocycles. The summed E-state index contributed by atoms with van der Waals surface area (Å²) in [4.78, 5) is 23.9. The molecule has 0 unspecified atom stereocenters. The summed E-state index contributed by atoms with van der Waals surface area (Å²) in [6, 6.07) is 10.2. The van der Waals surface area contributed by atoms with E-state index >= 15 is 0 Å². The third-order valence-electron chi connectivity index (χ3n) is 3.86. The summed E-state index contributed by atoms with van der Waals surface area (Å²) < 4.78 is 21.1. The second-order valence-electron chi connectivity index (χ2n) is 5.93. The molecule has 2 aromatic rings. The molecule has 2 aromatic carbocycles. The predicted octanol–water partition coefficient (Wildman–Crippen LogP) is 2.59. The van der Waals surface area contributed by atoms with Crippen molar-refractivity contribution in [2.24, 2.45) is 5.10 Å². The number of rotatable bonds is 10. The van der Waals surface area contributed by atoms with Crippen LogP contribution in [0.15, 0.2) is 41.5 Å². The molecule has 0 heterocycles. The van der Waals surface area contributed by atoms with Crippen molar-refractivity contribution in [2.45, 2.75) is 13.3 Å². The molecule has 0 fully saturated rings. The van der Waals surface area contributed by atoms with Gasteiger partial charge in [0.05, 0.1) is 34.2 Å². The van der Waals surface area contributed by atoms with E-state index in [2.05, 4.69) is 15.8 Å². The SMILES string of the molecule is CCOc1ccc(NC(=O)CC(=O)NN=Cc2cc(OC)c(OC)c(OC)c2)cc1. The maximum Gasteiger partial charge on any atom is 0.249 e. The molecule has 30 heavy (non-hydrogen) atoms. The Kier molecular flexibility index (Phi) is 8.49. The molecule has 0 radical (unpaired) electrons. The van der Waals surface area contributed by atoms with E-state index in [1.165, 1.54) is 27.5 Å². The zero-order chi connectivity index (χ0) is 21.9. The Balaban J connectivity index is 1.90. The fraction of sp³-hybridized carbons (Fsp3) is 0.286. The van der Waals surface area contributed by atoms with Crippen LogP contribution in [0.3, 0.4) is 0 Å². The average Bonchev–Trinajstić information content (AvgIpc) is 2.74. The van der Waals surface area contributed by atoms with Crippen molar-refractivity contribution in [1.82, 2.24) is 5.43 Å². The largest absolute Gasteiger partial charge is 0.494 e. The van der Waals surface area contributed by atoms with E-state index in [0.29, 0.717) is 40.9 Å². The maximum absolute atomic E-state index is 12.0. The highest BCUT2D eigenvalue weighted by Crippen LogP contribution is 2.37. The van der Waals surface area contributed by atoms with Crippen LogP contribution < -0.4 is 29.7 Å². The molecule has 0 saturated heterocycles. The standard InChI is InChI=1S/C21H25N3O6/c1-5-30-16-8-6-15(7-9-16)23-19(25)12-20(26)24-22-13-14-10-17(27-2)21(29-4)18(11-14)28-3/h6-11,13H,5,12H2,1-4H3,(H,23,25)(H,24,26). The van der Waals surface area contributed by atoms with Crippen molar-refractivity contribution in [3.05, 3.63) is 42.0 Å². The topological polar surface area (TPSA) is 107 Å². The third-order valence-corrected chi connectivity index (χ3v) is 3.86. The molecule has 0 spiro atoms. The normalized spacial score (nSPS) is 10.4. The number of methoxy groups -OCH3 is 3. The summed E-state index contributed by atoms with van der Waals surface area (Å²) >= 11 is 0. The number of hydrogen-bond acceptors (Lipinski definition) is 7. The minimum absolute atomic E-state index is 0.375. The molecule has 9 heteroatoms. The lowest BCUT2D eigenvalue weighted by molar-refractivity contribution is -0.126. The molecule has 0 aromatic heterocycles. The molecule has 2 N–H and O–H groups in total. The summed E-state index contributed by atoms with van der Waals surface area (Å²) in [6.45, 7) is 2.45. The summed E-state index contributed by atoms with van der Waals surface area (Å²) in [6.07, 6.45) is 1.03. The van der Waals surface area contributed by atoms with Gasteiger partial charge < -0.3 is 24.3 Å². The summed E-state index contributed by atoms with van der Waals surface area (Å²) in [5.41, 5.74) is 3.50. The van der Waals surface area contributed by atoms with E-state index in [9.17, 15) is 9.59 Å². The molecule has 0 aliphatic heterocycles. The second-order valence-corrected chi connectivity index (χ2v) is 5.93. The van der Waals surface area contributed by atoms with E-state index in [0.717, 1.165) is 0 Å². The van der Waals surface area contributed by atoms with Crippen LogP contribution in [0.1, 0.15) is 18.9 Å². The molecule has 2 rings (SSSR count). The number of hydrazone groups is 1. The minimum Gasteiger partial charge on any atom is -0.494 e. The van der Waals surface area contributed by atoms with Crippen LogP contribution in [-0.4, -0.2) is 46.0 Å². The number of ether oxygens (including phenoxy) is 4. The Hall–Kier alpha value is -3.75. The molecule has 2 amide bonds. The van der Waals surface area contributed by atoms with Gasteiger partial charge in [0.1, 0.15) is 12.2 Å². The van der Waals surface area contributed by atoms with Gasteiger partial charge in [0.25, 0.3) is 0 Å². The lowest BCUT2D eigenvalue weighted by atomic mass is 10.2. The number of anilines is 1. The number of nitrogens with zero attached hydrogens (tertiary/aromatic N) is 1. The number of carbonyl (C=O) groups is 2. The van der Waals surface area contributed by atoms with E-state index < -0.39 is 11.8 Å². The first kappa shape index (κ1) is 22.5. The maximum atomic E-state index is 12.0. The van der Waals surface area contributed by atoms with E-state index in [1.54, 1.807) is 36.4 Å². The first-order valence-corrected chi connectivity index (χ1v) is 9.15. The molecule has 9 nitrogen and oxygen atoms in total. The molecule has 0 aliphatic carbocycles. The van der Waals surface area contributed by atoms with Crippen LogP contribution in [0.5, 0.6) is 23.0 Å². The number of benzene rings is 2. The Labute approximate surface area is 175 Å². The van der Waals surface area contributed by atoms with Crippen LogP contribution >= 0.6 is 0 Å². The number of carbonyl (C=O) groups excluding carboxylic acids is 2. The zero-order valence-electron chi connectivity index (χ0n) is 17.4. The Morgan fingerprint density at radius 2 is 1.60 bits per heavy atom. The van der Waals surface area contributed by atoms with Gasteiger partial charge in [0.15, 0.2) is 11.5 Å². The van der Waals surface area contributed by atoms with Gasteiger partial charge in [-0.3, -0.25) is 9.59 Å². The van der Waals surface area contributed by atoms with Crippen LogP contribution in [0, 0.1) is 0 Å². The highest BCUT2D eigenvalue weighted by molar-refractivity contribution is 6.03. The van der Waals surface area contributed by atoms with Gasteiger partial charge in [-0.2, -0.15) is 5.10 Å². The lowest BCUT2D eigenvalue weighted by Crippen LogP contribution is -2.24. The van der Waals surface area contributed by atoms with Crippen LogP contribution in [0.4, 0.5) is 5.69 Å². The summed E-state index contributed by atoms with van der Waals surface area (Å²) in [7, 11) is 4.51. The van der Waals surface area contributed by atoms with Crippen LogP contribution in [0.2, 0.25) is 0 Å². The van der Waals surface area contributed by atoms with Gasteiger partial charge in [-0.25, -0.2) is 5.43 Å². The second kappa shape index (κ2) is 11.3. The van der Waals surface area contributed by atoms with Crippen molar-refractivity contribution in [1.29, 1.82) is 0 Å². The van der Waals surface area contributed by atoms with E-state index in [-0.39, 0.29) is 6.42 Å². The van der Waals surface area contributed by atoms with Crippen LogP contribution in [-0.2, 0) is 9.59 Å². The fourth-order valence-electron chi connectivity index (χ4n) is 2.55. The Morgan fingerprint density at radius 1 is 0.967 bits per heavy atom. The lowest BCUT2D eigenvalue weighted by Gasteiger charge is -2.12. The quantitative estimate of drug-likeness (QED) is 0.351. The van der Waals surface area contributed by atoms with Gasteiger partial charge in [-0.1, -0.05) is 0 Å². The molecular weight excluding hydrogens is 390 g/mol. The molecule has 0 atom stereocenters. The van der Waals surface area contributed by atoms with Gasteiger partial charge in [0, 0.05) is 11.3 Å². The summed E-state index contributed by atoms with van der Waals surface area (Å²) in [5.74, 6) is 1.06. The van der Waals surface area contributed by atoms with E-state index in [4.69, 9.17) is 18.9 Å². The van der Waals surface area contributed by atoms with Gasteiger partial charge in [-0.05, 0) is 43.3 Å². The smallest absolute Gasteiger partial charge is 0.249 e. The van der Waals surface area contributed by atoms with Crippen molar-refractivity contribution in [3.8, 4) is 23.0 Å². The van der Waals surface area contributed by atoms with Crippen molar-refractivity contribution >= 4 is 23.7 Å². The van der Waals surface area contributed by atoms with Crippen molar-refractivity contribution in [3.63, 3.8) is 0 Å². The molecular formula is C21H25N3O6. The zero-order valence-corrected chi connectivity index (χ0v) is 17.4. The van der Waals surface area contributed by atoms with Crippen molar-refractivity contribution in [2.75, 3.05) is 33.3 Å². The minimum atomic E-state index is -0.554. The monoisotopic (exact) mass is 415 g/mol. The highest BCUT2D eigenvalue weighted by atomic mass is 16.5. The number of nitrogens with one attached hydrogen (secondary N) is 2. The molecule has 0 bridgehead atoms. The fourth-order valence-corrected chi connectivity index (χ4v) is 2.55. The van der Waals surface area contributed by atoms with Gasteiger partial charge >= 0.3 is 0 Å². The Morgan fingerprint density at radius 3 is 2.13 bits per heavy atom. The van der Waals surface area contributed by atoms with Gasteiger partial charge in [-0.15, -0.1) is 0 Å². The average molecular weight is 415 g/mol. The predicted molar refractivity (Wildman–Crippen MR) is 113 cm³/mol. The highest BCUT2D eigenvalue weighted by Gasteiger charge is 2.13.